The summed E-state index contributed by atoms with van der Waals surface area (Å²) in [4.78, 5) is 0. The average Bonchev–Trinajstić information content (AvgIpc) is 2.33. The number of hydrogen-bond donors (Lipinski definition) is 0. The summed E-state index contributed by atoms with van der Waals surface area (Å²) in [7, 11) is 0. The highest BCUT2D eigenvalue weighted by Crippen LogP contribution is 2.37. The first-order valence-corrected chi connectivity index (χ1v) is 6.89. The van der Waals surface area contributed by atoms with Crippen molar-refractivity contribution in [3.05, 3.63) is 69.0 Å². The quantitative estimate of drug-likeness (QED) is 0.621. The Bertz CT molecular complexity index is 600. The van der Waals surface area contributed by atoms with Gasteiger partial charge in [0, 0.05) is 5.02 Å². The molecule has 0 spiro atoms. The van der Waals surface area contributed by atoms with E-state index < -0.39 is 0 Å². The molecule has 0 heterocycles. The highest BCUT2D eigenvalue weighted by atomic mass is 35.5. The van der Waals surface area contributed by atoms with E-state index >= 15 is 0 Å². The highest BCUT2D eigenvalue weighted by molar-refractivity contribution is 6.33. The van der Waals surface area contributed by atoms with Crippen molar-refractivity contribution in [3.8, 4) is 0 Å². The first-order chi connectivity index (χ1) is 8.91. The van der Waals surface area contributed by atoms with E-state index in [4.69, 9.17) is 23.2 Å². The molecule has 0 radical (unpaired) electrons. The molecule has 3 heteroatoms. The third kappa shape index (κ3) is 2.77. The molecule has 1 unspecified atom stereocenters. The van der Waals surface area contributed by atoms with E-state index in [0.29, 0.717) is 10.6 Å². The monoisotopic (exact) mass is 296 g/mol. The van der Waals surface area contributed by atoms with Crippen LogP contribution in [0.3, 0.4) is 0 Å². The van der Waals surface area contributed by atoms with Gasteiger partial charge in [-0.15, -0.1) is 11.6 Å². The second-order valence-corrected chi connectivity index (χ2v) is 5.63. The molecule has 0 amide bonds. The largest absolute Gasteiger partial charge is 0.207 e. The zero-order valence-electron chi connectivity index (χ0n) is 11.1. The van der Waals surface area contributed by atoms with Crippen LogP contribution in [0.5, 0.6) is 0 Å². The van der Waals surface area contributed by atoms with Crippen LogP contribution in [0.4, 0.5) is 4.39 Å². The molecule has 0 N–H and O–H groups in total. The van der Waals surface area contributed by atoms with Gasteiger partial charge in [0.25, 0.3) is 0 Å². The van der Waals surface area contributed by atoms with Gasteiger partial charge in [0.2, 0.25) is 0 Å². The minimum atomic E-state index is -0.368. The van der Waals surface area contributed by atoms with Crippen LogP contribution >= 0.6 is 23.2 Å². The number of alkyl halides is 1. The first kappa shape index (κ1) is 14.4. The van der Waals surface area contributed by atoms with Crippen molar-refractivity contribution in [2.45, 2.75) is 26.1 Å². The molecule has 2 aromatic carbocycles. The fourth-order valence-corrected chi connectivity index (χ4v) is 3.10. The maximum Gasteiger partial charge on any atom is 0.127 e. The lowest BCUT2D eigenvalue weighted by Crippen LogP contribution is -2.01. The predicted molar refractivity (Wildman–Crippen MR) is 79.8 cm³/mol. The van der Waals surface area contributed by atoms with Gasteiger partial charge in [0.05, 0.1) is 5.38 Å². The number of rotatable bonds is 2. The molecule has 1 atom stereocenters. The number of benzene rings is 2. The summed E-state index contributed by atoms with van der Waals surface area (Å²) in [5.41, 5.74) is 4.56. The molecule has 0 fully saturated rings. The normalized spacial score (nSPS) is 12.5. The van der Waals surface area contributed by atoms with Crippen molar-refractivity contribution in [2.75, 3.05) is 0 Å². The van der Waals surface area contributed by atoms with Crippen LogP contribution in [0, 0.1) is 26.6 Å². The van der Waals surface area contributed by atoms with Gasteiger partial charge in [0.1, 0.15) is 5.82 Å². The van der Waals surface area contributed by atoms with Crippen LogP contribution in [0.25, 0.3) is 0 Å². The molecule has 100 valence electrons. The summed E-state index contributed by atoms with van der Waals surface area (Å²) in [6.45, 7) is 5.74. The Kier molecular flexibility index (Phi) is 4.17. The van der Waals surface area contributed by atoms with Crippen LogP contribution < -0.4 is 0 Å². The summed E-state index contributed by atoms with van der Waals surface area (Å²) in [6, 6.07) is 9.08. The Balaban J connectivity index is 2.56. The van der Waals surface area contributed by atoms with Crippen molar-refractivity contribution >= 4 is 23.2 Å². The molecule has 0 aliphatic rings. The lowest BCUT2D eigenvalue weighted by Gasteiger charge is -2.18. The van der Waals surface area contributed by atoms with Crippen LogP contribution in [-0.2, 0) is 0 Å². The Hall–Kier alpha value is -1.05. The number of aryl methyl sites for hydroxylation is 3. The van der Waals surface area contributed by atoms with Gasteiger partial charge < -0.3 is 0 Å². The highest BCUT2D eigenvalue weighted by Gasteiger charge is 2.19. The Morgan fingerprint density at radius 2 is 1.58 bits per heavy atom. The molecule has 0 saturated heterocycles. The third-order valence-electron chi connectivity index (χ3n) is 3.35. The van der Waals surface area contributed by atoms with E-state index in [9.17, 15) is 4.39 Å². The minimum Gasteiger partial charge on any atom is -0.207 e. The maximum absolute atomic E-state index is 13.5. The zero-order chi connectivity index (χ0) is 14.2. The fraction of sp³-hybridized carbons (Fsp3) is 0.250. The molecule has 0 nitrogen and oxygen atoms in total. The molecule has 0 aliphatic heterocycles. The molecular weight excluding hydrogens is 282 g/mol. The van der Waals surface area contributed by atoms with E-state index in [0.717, 1.165) is 22.3 Å². The van der Waals surface area contributed by atoms with Gasteiger partial charge in [-0.05, 0) is 60.7 Å². The van der Waals surface area contributed by atoms with E-state index in [1.807, 2.05) is 32.0 Å². The van der Waals surface area contributed by atoms with Crippen LogP contribution in [0.1, 0.15) is 33.2 Å². The minimum absolute atomic E-state index is 0.306. The lowest BCUT2D eigenvalue weighted by atomic mass is 9.95. The Morgan fingerprint density at radius 1 is 1.00 bits per heavy atom. The van der Waals surface area contributed by atoms with E-state index in [2.05, 4.69) is 0 Å². The number of halogens is 3. The van der Waals surface area contributed by atoms with Gasteiger partial charge >= 0.3 is 0 Å². The van der Waals surface area contributed by atoms with Crippen LogP contribution in [0.15, 0.2) is 30.3 Å². The maximum atomic E-state index is 13.5. The standard InChI is InChI=1S/C16H15Cl2F/c1-9-5-4-6-10(2)15(9)16(18)12-7-11(3)14(19)8-13(12)17/h4-8,16H,1-3H3. The molecule has 0 aliphatic carbocycles. The van der Waals surface area contributed by atoms with E-state index in [-0.39, 0.29) is 11.2 Å². The van der Waals surface area contributed by atoms with Gasteiger partial charge in [-0.25, -0.2) is 4.39 Å². The Labute approximate surface area is 123 Å². The smallest absolute Gasteiger partial charge is 0.127 e. The second kappa shape index (κ2) is 5.52. The van der Waals surface area contributed by atoms with Crippen LogP contribution in [0.2, 0.25) is 5.02 Å². The second-order valence-electron chi connectivity index (χ2n) is 4.79. The topological polar surface area (TPSA) is 0 Å². The molecule has 0 aromatic heterocycles. The molecule has 2 aromatic rings. The van der Waals surface area contributed by atoms with Gasteiger partial charge in [-0.3, -0.25) is 0 Å². The Morgan fingerprint density at radius 3 is 2.16 bits per heavy atom. The summed E-state index contributed by atoms with van der Waals surface area (Å²) in [5, 5.41) is -0.00115. The van der Waals surface area contributed by atoms with Gasteiger partial charge in [0.15, 0.2) is 0 Å². The fourth-order valence-electron chi connectivity index (χ4n) is 2.26. The van der Waals surface area contributed by atoms with E-state index in [1.54, 1.807) is 13.0 Å². The summed E-state index contributed by atoms with van der Waals surface area (Å²) < 4.78 is 13.5. The van der Waals surface area contributed by atoms with Crippen LogP contribution in [-0.4, -0.2) is 0 Å². The number of hydrogen-bond acceptors (Lipinski definition) is 0. The summed E-state index contributed by atoms with van der Waals surface area (Å²) in [6.07, 6.45) is 0. The van der Waals surface area contributed by atoms with E-state index in [1.165, 1.54) is 6.07 Å². The molecule has 0 bridgehead atoms. The van der Waals surface area contributed by atoms with Crippen molar-refractivity contribution in [2.24, 2.45) is 0 Å². The average molecular weight is 297 g/mol. The molecule has 0 saturated carbocycles. The first-order valence-electron chi connectivity index (χ1n) is 6.07. The van der Waals surface area contributed by atoms with Crippen molar-refractivity contribution < 1.29 is 4.39 Å². The summed E-state index contributed by atoms with van der Waals surface area (Å²) in [5.74, 6) is -0.306. The zero-order valence-corrected chi connectivity index (χ0v) is 12.6. The lowest BCUT2D eigenvalue weighted by molar-refractivity contribution is 0.618. The van der Waals surface area contributed by atoms with Gasteiger partial charge in [-0.1, -0.05) is 29.8 Å². The molecule has 2 rings (SSSR count). The van der Waals surface area contributed by atoms with Crippen molar-refractivity contribution in [1.82, 2.24) is 0 Å². The summed E-state index contributed by atoms with van der Waals surface area (Å²) >= 11 is 12.7. The SMILES string of the molecule is Cc1cc(C(Cl)c2c(C)cccc2C)c(Cl)cc1F. The van der Waals surface area contributed by atoms with Gasteiger partial charge in [-0.2, -0.15) is 0 Å². The molecule has 19 heavy (non-hydrogen) atoms. The molecular formula is C16H15Cl2F. The third-order valence-corrected chi connectivity index (χ3v) is 4.13. The van der Waals surface area contributed by atoms with Crippen molar-refractivity contribution in [1.29, 1.82) is 0 Å². The predicted octanol–water partition coefficient (Wildman–Crippen LogP) is 5.73. The van der Waals surface area contributed by atoms with Crippen molar-refractivity contribution in [3.63, 3.8) is 0 Å².